The molecule has 0 aromatic heterocycles. The van der Waals surface area contributed by atoms with Crippen LogP contribution in [0.1, 0.15) is 6.42 Å². The van der Waals surface area contributed by atoms with Crippen molar-refractivity contribution in [2.45, 2.75) is 6.42 Å². The highest BCUT2D eigenvalue weighted by Crippen LogP contribution is 1.83. The zero-order valence-electron chi connectivity index (χ0n) is 6.22. The summed E-state index contributed by atoms with van der Waals surface area (Å²) in [5.74, 6) is -0.0397. The summed E-state index contributed by atoms with van der Waals surface area (Å²) in [4.78, 5) is 12.0. The fourth-order valence-corrected chi connectivity index (χ4v) is 0.444. The van der Waals surface area contributed by atoms with Gasteiger partial charge in [0.2, 0.25) is 5.91 Å². The Morgan fingerprint density at radius 3 is 2.80 bits per heavy atom. The summed E-state index contributed by atoms with van der Waals surface area (Å²) in [7, 11) is 3.22. The number of hydrogen-bond acceptors (Lipinski definition) is 3. The third-order valence-electron chi connectivity index (χ3n) is 1.12. The van der Waals surface area contributed by atoms with Gasteiger partial charge in [0.1, 0.15) is 0 Å². The number of carbonyl (C=O) groups excluding carboxylic acids is 1. The van der Waals surface area contributed by atoms with E-state index in [0.717, 1.165) is 0 Å². The lowest BCUT2D eigenvalue weighted by Gasteiger charge is -2.06. The molecule has 0 aromatic carbocycles. The van der Waals surface area contributed by atoms with E-state index in [2.05, 4.69) is 5.32 Å². The molecule has 0 saturated carbocycles. The summed E-state index contributed by atoms with van der Waals surface area (Å²) in [5, 5.41) is 10.7. The van der Waals surface area contributed by atoms with Crippen LogP contribution in [0.3, 0.4) is 0 Å². The molecule has 0 heterocycles. The van der Waals surface area contributed by atoms with Crippen LogP contribution in [0.2, 0.25) is 0 Å². The lowest BCUT2D eigenvalue weighted by atomic mass is 10.4. The van der Waals surface area contributed by atoms with Crippen molar-refractivity contribution < 1.29 is 4.79 Å². The molecule has 0 aliphatic heterocycles. The molecule has 4 nitrogen and oxygen atoms in total. The minimum atomic E-state index is -0.0397. The Kier molecular flexibility index (Phi) is 4.05. The maximum atomic E-state index is 10.6. The molecule has 1 amide bonds. The third kappa shape index (κ3) is 3.72. The van der Waals surface area contributed by atoms with Crippen LogP contribution in [-0.4, -0.2) is 31.4 Å². The molecule has 0 unspecified atom stereocenters. The van der Waals surface area contributed by atoms with E-state index in [0.29, 0.717) is 13.0 Å². The molecule has 0 fully saturated rings. The van der Waals surface area contributed by atoms with E-state index in [-0.39, 0.29) is 5.91 Å². The predicted molar refractivity (Wildman–Crippen MR) is 36.9 cm³/mol. The Labute approximate surface area is 60.4 Å². The highest BCUT2D eigenvalue weighted by Gasteiger charge is 1.98. The first-order chi connectivity index (χ1) is 4.70. The van der Waals surface area contributed by atoms with Crippen LogP contribution in [0.25, 0.3) is 0 Å². The number of nitrogens with one attached hydrogen (secondary N) is 1. The van der Waals surface area contributed by atoms with Gasteiger partial charge in [0.15, 0.2) is 6.19 Å². The maximum Gasteiger partial charge on any atom is 0.221 e. The summed E-state index contributed by atoms with van der Waals surface area (Å²) < 4.78 is 0. The van der Waals surface area contributed by atoms with Gasteiger partial charge in [0.05, 0.1) is 0 Å². The van der Waals surface area contributed by atoms with Crippen LogP contribution in [0.5, 0.6) is 0 Å². The number of carbonyl (C=O) groups is 1. The molecule has 0 aromatic rings. The number of rotatable bonds is 3. The monoisotopic (exact) mass is 141 g/mol. The smallest absolute Gasteiger partial charge is 0.221 e. The number of nitrogens with zero attached hydrogens (tertiary/aromatic N) is 2. The van der Waals surface area contributed by atoms with Gasteiger partial charge in [-0.05, 0) is 0 Å². The molecule has 56 valence electrons. The zero-order chi connectivity index (χ0) is 7.98. The molecule has 4 heteroatoms. The van der Waals surface area contributed by atoms with Gasteiger partial charge in [-0.25, -0.2) is 0 Å². The second-order valence-corrected chi connectivity index (χ2v) is 1.94. The van der Waals surface area contributed by atoms with E-state index in [4.69, 9.17) is 5.26 Å². The molecule has 0 saturated heterocycles. The van der Waals surface area contributed by atoms with Gasteiger partial charge in [0, 0.05) is 27.1 Å². The minimum Gasteiger partial charge on any atom is -0.359 e. The normalized spacial score (nSPS) is 8.10. The van der Waals surface area contributed by atoms with Crippen molar-refractivity contribution in [3.63, 3.8) is 0 Å². The molecule has 0 atom stereocenters. The van der Waals surface area contributed by atoms with Crippen LogP contribution >= 0.6 is 0 Å². The summed E-state index contributed by atoms with van der Waals surface area (Å²) in [5.41, 5.74) is 0. The first kappa shape index (κ1) is 8.76. The van der Waals surface area contributed by atoms with Crippen LogP contribution in [-0.2, 0) is 4.79 Å². The lowest BCUT2D eigenvalue weighted by Crippen LogP contribution is -2.23. The third-order valence-corrected chi connectivity index (χ3v) is 1.12. The standard InChI is InChI=1S/C6H11N3O/c1-8-6(10)3-4-9(2)5-7/h3-4H2,1-2H3,(H,8,10). The second kappa shape index (κ2) is 4.62. The summed E-state index contributed by atoms with van der Waals surface area (Å²) >= 11 is 0. The molecule has 0 spiro atoms. The number of amides is 1. The molecule has 10 heavy (non-hydrogen) atoms. The Morgan fingerprint density at radius 1 is 1.80 bits per heavy atom. The van der Waals surface area contributed by atoms with Crippen molar-refractivity contribution in [1.82, 2.24) is 10.2 Å². The van der Waals surface area contributed by atoms with E-state index in [1.54, 1.807) is 14.1 Å². The van der Waals surface area contributed by atoms with Gasteiger partial charge in [-0.2, -0.15) is 5.26 Å². The van der Waals surface area contributed by atoms with Crippen molar-refractivity contribution in [3.8, 4) is 6.19 Å². The molecule has 0 bridgehead atoms. The van der Waals surface area contributed by atoms with E-state index in [1.807, 2.05) is 6.19 Å². The fourth-order valence-electron chi connectivity index (χ4n) is 0.444. The van der Waals surface area contributed by atoms with Crippen molar-refractivity contribution >= 4 is 5.91 Å². The van der Waals surface area contributed by atoms with Crippen molar-refractivity contribution in [2.24, 2.45) is 0 Å². The topological polar surface area (TPSA) is 56.1 Å². The Hall–Kier alpha value is -1.24. The number of nitriles is 1. The average molecular weight is 141 g/mol. The zero-order valence-corrected chi connectivity index (χ0v) is 6.22. The minimum absolute atomic E-state index is 0.0397. The average Bonchev–Trinajstić information content (AvgIpc) is 1.99. The Balaban J connectivity index is 3.37. The molecule has 0 rings (SSSR count). The Morgan fingerprint density at radius 2 is 2.40 bits per heavy atom. The molecular formula is C6H11N3O. The molecule has 1 N–H and O–H groups in total. The van der Waals surface area contributed by atoms with Crippen molar-refractivity contribution in [3.05, 3.63) is 0 Å². The van der Waals surface area contributed by atoms with Crippen LogP contribution < -0.4 is 5.32 Å². The van der Waals surface area contributed by atoms with Gasteiger partial charge >= 0.3 is 0 Å². The summed E-state index contributed by atoms with van der Waals surface area (Å²) in [6.45, 7) is 0.482. The highest BCUT2D eigenvalue weighted by molar-refractivity contribution is 5.75. The SMILES string of the molecule is CNC(=O)CCN(C)C#N. The van der Waals surface area contributed by atoms with Crippen LogP contribution in [0.4, 0.5) is 0 Å². The fraction of sp³-hybridized carbons (Fsp3) is 0.667. The van der Waals surface area contributed by atoms with Gasteiger partial charge in [-0.15, -0.1) is 0 Å². The number of hydrogen-bond donors (Lipinski definition) is 1. The van der Waals surface area contributed by atoms with Gasteiger partial charge in [-0.1, -0.05) is 0 Å². The van der Waals surface area contributed by atoms with Gasteiger partial charge < -0.3 is 10.2 Å². The first-order valence-electron chi connectivity index (χ1n) is 3.02. The van der Waals surface area contributed by atoms with Crippen LogP contribution in [0, 0.1) is 11.5 Å². The van der Waals surface area contributed by atoms with E-state index < -0.39 is 0 Å². The van der Waals surface area contributed by atoms with E-state index in [1.165, 1.54) is 4.90 Å². The lowest BCUT2D eigenvalue weighted by molar-refractivity contribution is -0.120. The predicted octanol–water partition coefficient (Wildman–Crippen LogP) is -0.465. The van der Waals surface area contributed by atoms with Crippen LogP contribution in [0.15, 0.2) is 0 Å². The molecule has 0 radical (unpaired) electrons. The largest absolute Gasteiger partial charge is 0.359 e. The first-order valence-corrected chi connectivity index (χ1v) is 3.02. The van der Waals surface area contributed by atoms with E-state index in [9.17, 15) is 4.79 Å². The molecule has 0 aliphatic rings. The van der Waals surface area contributed by atoms with Gasteiger partial charge in [0.25, 0.3) is 0 Å². The maximum absolute atomic E-state index is 10.6. The van der Waals surface area contributed by atoms with Crippen molar-refractivity contribution in [2.75, 3.05) is 20.6 Å². The molecular weight excluding hydrogens is 130 g/mol. The van der Waals surface area contributed by atoms with E-state index >= 15 is 0 Å². The highest BCUT2D eigenvalue weighted by atomic mass is 16.1. The van der Waals surface area contributed by atoms with Crippen molar-refractivity contribution in [1.29, 1.82) is 5.26 Å². The summed E-state index contributed by atoms with van der Waals surface area (Å²) in [6.07, 6.45) is 2.27. The molecule has 0 aliphatic carbocycles. The summed E-state index contributed by atoms with van der Waals surface area (Å²) in [6, 6.07) is 0. The Bertz CT molecular complexity index is 150. The quantitative estimate of drug-likeness (QED) is 0.427. The van der Waals surface area contributed by atoms with Gasteiger partial charge in [-0.3, -0.25) is 4.79 Å². The second-order valence-electron chi connectivity index (χ2n) is 1.94.